The summed E-state index contributed by atoms with van der Waals surface area (Å²) in [6, 6.07) is 7.68. The van der Waals surface area contributed by atoms with Crippen molar-refractivity contribution in [2.45, 2.75) is 69.9 Å². The van der Waals surface area contributed by atoms with Crippen LogP contribution in [0.3, 0.4) is 0 Å². The van der Waals surface area contributed by atoms with Crippen LogP contribution in [0.25, 0.3) is 11.3 Å². The first-order chi connectivity index (χ1) is 18.7. The van der Waals surface area contributed by atoms with Crippen LogP contribution < -0.4 is 14.8 Å². The molecule has 1 amide bonds. The van der Waals surface area contributed by atoms with Crippen LogP contribution in [0.2, 0.25) is 0 Å². The predicted octanol–water partition coefficient (Wildman–Crippen LogP) is 3.41. The number of likely N-dealkylation sites (tertiary alicyclic amines) is 1. The second-order valence-corrected chi connectivity index (χ2v) is 10.2. The maximum absolute atomic E-state index is 13.6. The van der Waals surface area contributed by atoms with E-state index in [1.54, 1.807) is 14.2 Å². The van der Waals surface area contributed by atoms with Gasteiger partial charge in [-0.05, 0) is 63.4 Å². The van der Waals surface area contributed by atoms with Gasteiger partial charge in [-0.3, -0.25) is 9.48 Å². The molecule has 0 radical (unpaired) electrons. The van der Waals surface area contributed by atoms with Crippen LogP contribution in [0.1, 0.15) is 73.7 Å². The average molecular weight is 523 g/mol. The highest BCUT2D eigenvalue weighted by Gasteiger charge is 2.28. The van der Waals surface area contributed by atoms with Crippen LogP contribution in [0.5, 0.6) is 11.5 Å². The number of nitrogens with one attached hydrogen (secondary N) is 2. The van der Waals surface area contributed by atoms with Crippen molar-refractivity contribution >= 4 is 5.91 Å². The van der Waals surface area contributed by atoms with E-state index in [0.717, 1.165) is 63.0 Å². The fourth-order valence-corrected chi connectivity index (χ4v) is 5.72. The van der Waals surface area contributed by atoms with Gasteiger partial charge in [0.1, 0.15) is 11.5 Å². The molecule has 1 aromatic carbocycles. The number of carbonyl (C=O) groups excluding carboxylic acids is 1. The normalized spacial score (nSPS) is 17.4. The molecule has 0 unspecified atom stereocenters. The van der Waals surface area contributed by atoms with Gasteiger partial charge in [0.25, 0.3) is 5.91 Å². The molecule has 1 saturated heterocycles. The van der Waals surface area contributed by atoms with Gasteiger partial charge < -0.3 is 19.7 Å². The van der Waals surface area contributed by atoms with Crippen LogP contribution in [-0.4, -0.2) is 81.1 Å². The number of nitrogens with zero attached hydrogens (tertiary/aromatic N) is 6. The standard InChI is InChI=1S/C27H38N8O3/c1-37-23-11-8-12-24(38-2)26(23)22-18-21(31-35(22)20-9-4-5-10-20)27(36)28-19(17-25-29-32-33-30-25)13-16-34-14-6-3-7-15-34/h8,11-12,18-20H,3-7,9-10,13-17H2,1-2H3,(H,28,36)(H,29,30,32,33)/t19-/m0/s1. The molecular formula is C27H38N8O3. The Morgan fingerprint density at radius 1 is 1.11 bits per heavy atom. The summed E-state index contributed by atoms with van der Waals surface area (Å²) in [5, 5.41) is 22.5. The summed E-state index contributed by atoms with van der Waals surface area (Å²) in [5.74, 6) is 1.76. The molecular weight excluding hydrogens is 484 g/mol. The molecule has 1 aliphatic heterocycles. The van der Waals surface area contributed by atoms with Crippen molar-refractivity contribution in [2.24, 2.45) is 0 Å². The zero-order valence-corrected chi connectivity index (χ0v) is 22.4. The van der Waals surface area contributed by atoms with Gasteiger partial charge in [0.05, 0.1) is 31.5 Å². The Morgan fingerprint density at radius 3 is 2.50 bits per heavy atom. The lowest BCUT2D eigenvalue weighted by Crippen LogP contribution is -2.41. The van der Waals surface area contributed by atoms with Gasteiger partial charge >= 0.3 is 0 Å². The zero-order chi connectivity index (χ0) is 26.3. The molecule has 2 aromatic heterocycles. The largest absolute Gasteiger partial charge is 0.496 e. The second-order valence-electron chi connectivity index (χ2n) is 10.2. The molecule has 204 valence electrons. The maximum atomic E-state index is 13.6. The number of aromatic amines is 1. The highest BCUT2D eigenvalue weighted by Crippen LogP contribution is 2.41. The quantitative estimate of drug-likeness (QED) is 0.393. The molecule has 5 rings (SSSR count). The SMILES string of the molecule is COc1cccc(OC)c1-c1cc(C(=O)N[C@@H](CCN2CCCCC2)Cc2nn[nH]n2)nn1C1CCCC1. The first kappa shape index (κ1) is 26.1. The lowest BCUT2D eigenvalue weighted by atomic mass is 10.1. The summed E-state index contributed by atoms with van der Waals surface area (Å²) < 4.78 is 13.4. The number of methoxy groups -OCH3 is 2. The number of tetrazole rings is 1. The Hall–Kier alpha value is -3.47. The molecule has 11 nitrogen and oxygen atoms in total. The number of ether oxygens (including phenoxy) is 2. The van der Waals surface area contributed by atoms with Gasteiger partial charge in [-0.15, -0.1) is 10.2 Å². The highest BCUT2D eigenvalue weighted by atomic mass is 16.5. The molecule has 2 fully saturated rings. The van der Waals surface area contributed by atoms with Crippen LogP contribution in [-0.2, 0) is 6.42 Å². The molecule has 3 aromatic rings. The summed E-state index contributed by atoms with van der Waals surface area (Å²) in [4.78, 5) is 16.1. The van der Waals surface area contributed by atoms with Gasteiger partial charge in [0, 0.05) is 19.0 Å². The van der Waals surface area contributed by atoms with Crippen LogP contribution in [0, 0.1) is 0 Å². The molecule has 1 atom stereocenters. The zero-order valence-electron chi connectivity index (χ0n) is 22.4. The number of H-pyrrole nitrogens is 1. The Balaban J connectivity index is 1.41. The molecule has 1 aliphatic carbocycles. The van der Waals surface area contributed by atoms with Crippen molar-refractivity contribution < 1.29 is 14.3 Å². The first-order valence-electron chi connectivity index (χ1n) is 13.7. The minimum atomic E-state index is -0.205. The lowest BCUT2D eigenvalue weighted by Gasteiger charge is -2.28. The maximum Gasteiger partial charge on any atom is 0.272 e. The number of amides is 1. The molecule has 1 saturated carbocycles. The third-order valence-electron chi connectivity index (χ3n) is 7.72. The van der Waals surface area contributed by atoms with E-state index in [4.69, 9.17) is 14.6 Å². The summed E-state index contributed by atoms with van der Waals surface area (Å²) in [6.07, 6.45) is 9.43. The van der Waals surface area contributed by atoms with E-state index in [1.807, 2.05) is 28.9 Å². The van der Waals surface area contributed by atoms with Crippen molar-refractivity contribution in [3.63, 3.8) is 0 Å². The number of benzene rings is 1. The van der Waals surface area contributed by atoms with E-state index in [0.29, 0.717) is 29.4 Å². The Morgan fingerprint density at radius 2 is 1.84 bits per heavy atom. The monoisotopic (exact) mass is 522 g/mol. The molecule has 2 N–H and O–H groups in total. The summed E-state index contributed by atoms with van der Waals surface area (Å²) >= 11 is 0. The summed E-state index contributed by atoms with van der Waals surface area (Å²) in [6.45, 7) is 3.14. The molecule has 3 heterocycles. The third kappa shape index (κ3) is 5.98. The Labute approximate surface area is 223 Å². The Bertz CT molecular complexity index is 1160. The Kier molecular flexibility index (Phi) is 8.52. The van der Waals surface area contributed by atoms with Crippen molar-refractivity contribution in [1.29, 1.82) is 0 Å². The molecule has 38 heavy (non-hydrogen) atoms. The van der Waals surface area contributed by atoms with Crippen LogP contribution in [0.15, 0.2) is 24.3 Å². The minimum absolute atomic E-state index is 0.136. The van der Waals surface area contributed by atoms with Crippen LogP contribution in [0.4, 0.5) is 0 Å². The van der Waals surface area contributed by atoms with Gasteiger partial charge in [-0.1, -0.05) is 30.5 Å². The molecule has 0 bridgehead atoms. The average Bonchev–Trinajstić information content (AvgIpc) is 3.74. The molecule has 2 aliphatic rings. The number of carbonyl (C=O) groups is 1. The predicted molar refractivity (Wildman–Crippen MR) is 142 cm³/mol. The van der Waals surface area contributed by atoms with E-state index in [-0.39, 0.29) is 18.0 Å². The summed E-state index contributed by atoms with van der Waals surface area (Å²) in [7, 11) is 3.29. The van der Waals surface area contributed by atoms with E-state index in [1.165, 1.54) is 19.3 Å². The smallest absolute Gasteiger partial charge is 0.272 e. The number of hydrogen-bond donors (Lipinski definition) is 2. The third-order valence-corrected chi connectivity index (χ3v) is 7.72. The van der Waals surface area contributed by atoms with Gasteiger partial charge in [-0.25, -0.2) is 0 Å². The number of aromatic nitrogens is 6. The molecule has 0 spiro atoms. The van der Waals surface area contributed by atoms with Crippen LogP contribution >= 0.6 is 0 Å². The van der Waals surface area contributed by atoms with Crippen molar-refractivity contribution in [1.82, 2.24) is 40.6 Å². The van der Waals surface area contributed by atoms with E-state index in [2.05, 4.69) is 30.8 Å². The number of piperidine rings is 1. The van der Waals surface area contributed by atoms with Gasteiger partial charge in [0.2, 0.25) is 0 Å². The fourth-order valence-electron chi connectivity index (χ4n) is 5.72. The number of hydrogen-bond acceptors (Lipinski definition) is 8. The second kappa shape index (κ2) is 12.4. The first-order valence-corrected chi connectivity index (χ1v) is 13.7. The lowest BCUT2D eigenvalue weighted by molar-refractivity contribution is 0.0923. The summed E-state index contributed by atoms with van der Waals surface area (Å²) in [5.41, 5.74) is 2.03. The molecule has 11 heteroatoms. The van der Waals surface area contributed by atoms with E-state index in [9.17, 15) is 4.79 Å². The van der Waals surface area contributed by atoms with Gasteiger partial charge in [-0.2, -0.15) is 10.3 Å². The topological polar surface area (TPSA) is 123 Å². The van der Waals surface area contributed by atoms with Gasteiger partial charge in [0.15, 0.2) is 11.5 Å². The van der Waals surface area contributed by atoms with E-state index < -0.39 is 0 Å². The van der Waals surface area contributed by atoms with Crippen molar-refractivity contribution in [3.8, 4) is 22.8 Å². The number of rotatable bonds is 11. The fraction of sp³-hybridized carbons (Fsp3) is 0.593. The van der Waals surface area contributed by atoms with Crippen molar-refractivity contribution in [2.75, 3.05) is 33.9 Å². The minimum Gasteiger partial charge on any atom is -0.496 e. The van der Waals surface area contributed by atoms with Crippen molar-refractivity contribution in [3.05, 3.63) is 35.8 Å². The highest BCUT2D eigenvalue weighted by molar-refractivity contribution is 5.94. The van der Waals surface area contributed by atoms with E-state index >= 15 is 0 Å².